The number of aromatic nitrogens is 2. The minimum Gasteiger partial charge on any atom is -0.444 e. The summed E-state index contributed by atoms with van der Waals surface area (Å²) in [5.41, 5.74) is 4.35. The number of nitrogens with two attached hydrogens (primary N) is 1. The van der Waals surface area contributed by atoms with Crippen LogP contribution in [0.3, 0.4) is 0 Å². The largest absolute Gasteiger partial charge is 0.444 e. The van der Waals surface area contributed by atoms with Crippen molar-refractivity contribution in [2.24, 2.45) is 5.73 Å². The van der Waals surface area contributed by atoms with Gasteiger partial charge in [-0.3, -0.25) is 19.6 Å². The summed E-state index contributed by atoms with van der Waals surface area (Å²) < 4.78 is 6.67. The van der Waals surface area contributed by atoms with Gasteiger partial charge in [-0.1, -0.05) is 6.92 Å². The molecule has 10 nitrogen and oxygen atoms in total. The first-order valence-corrected chi connectivity index (χ1v) is 8.58. The third kappa shape index (κ3) is 4.12. The Morgan fingerprint density at radius 2 is 2.08 bits per heavy atom. The van der Waals surface area contributed by atoms with Crippen molar-refractivity contribution >= 4 is 17.7 Å². The Labute approximate surface area is 151 Å². The molecular weight excluding hydrogens is 342 g/mol. The van der Waals surface area contributed by atoms with E-state index in [-0.39, 0.29) is 29.7 Å². The summed E-state index contributed by atoms with van der Waals surface area (Å²) in [5.74, 6) is -0.911. The third-order valence-electron chi connectivity index (χ3n) is 4.14. The molecule has 0 radical (unpaired) electrons. The van der Waals surface area contributed by atoms with E-state index in [0.717, 1.165) is 6.42 Å². The maximum atomic E-state index is 12.4. The minimum absolute atomic E-state index is 0.151. The van der Waals surface area contributed by atoms with Gasteiger partial charge in [-0.05, 0) is 40.0 Å². The molecule has 0 saturated carbocycles. The van der Waals surface area contributed by atoms with Crippen molar-refractivity contribution in [3.63, 3.8) is 0 Å². The highest BCUT2D eigenvalue weighted by atomic mass is 16.6. The number of primary amides is 1. The number of nitrogens with zero attached hydrogens (tertiary/aromatic N) is 4. The molecule has 1 atom stereocenters. The molecule has 10 heteroatoms. The zero-order valence-corrected chi connectivity index (χ0v) is 15.5. The number of hydrogen-bond donors (Lipinski definition) is 1. The predicted octanol–water partition coefficient (Wildman–Crippen LogP) is 1.85. The van der Waals surface area contributed by atoms with E-state index in [0.29, 0.717) is 19.4 Å². The van der Waals surface area contributed by atoms with E-state index in [4.69, 9.17) is 10.5 Å². The normalized spacial score (nSPS) is 17.4. The molecule has 1 aliphatic heterocycles. The second-order valence-corrected chi connectivity index (χ2v) is 7.27. The van der Waals surface area contributed by atoms with Gasteiger partial charge in [0.05, 0.1) is 17.5 Å². The monoisotopic (exact) mass is 367 g/mol. The van der Waals surface area contributed by atoms with Gasteiger partial charge in [0.15, 0.2) is 0 Å². The summed E-state index contributed by atoms with van der Waals surface area (Å²) in [7, 11) is 0. The first-order valence-electron chi connectivity index (χ1n) is 8.58. The standard InChI is InChI=1S/C16H25N5O5/c1-5-11-12(21(24)25)13(14(17)22)20(18-11)9-10-7-6-8-19(10)15(23)26-16(2,3)4/h10H,5-9H2,1-4H3,(H2,17,22)/t10-/m1/s1. The Kier molecular flexibility index (Phi) is 5.53. The van der Waals surface area contributed by atoms with Crippen molar-refractivity contribution in [3.05, 3.63) is 21.5 Å². The van der Waals surface area contributed by atoms with Crippen LogP contribution in [0.25, 0.3) is 0 Å². The number of rotatable bonds is 5. The molecule has 0 spiro atoms. The highest BCUT2D eigenvalue weighted by Gasteiger charge is 2.36. The zero-order valence-electron chi connectivity index (χ0n) is 15.5. The van der Waals surface area contributed by atoms with Crippen LogP contribution in [0.1, 0.15) is 56.7 Å². The van der Waals surface area contributed by atoms with Gasteiger partial charge in [-0.15, -0.1) is 0 Å². The van der Waals surface area contributed by atoms with Crippen LogP contribution in [-0.2, 0) is 17.7 Å². The summed E-state index contributed by atoms with van der Waals surface area (Å²) in [5, 5.41) is 15.5. The van der Waals surface area contributed by atoms with Gasteiger partial charge in [0.25, 0.3) is 5.91 Å². The summed E-state index contributed by atoms with van der Waals surface area (Å²) in [6.07, 6.45) is 1.31. The number of ether oxygens (including phenoxy) is 1. The van der Waals surface area contributed by atoms with Crippen molar-refractivity contribution < 1.29 is 19.2 Å². The molecule has 26 heavy (non-hydrogen) atoms. The number of aryl methyl sites for hydroxylation is 1. The van der Waals surface area contributed by atoms with Gasteiger partial charge in [0.2, 0.25) is 5.69 Å². The van der Waals surface area contributed by atoms with Crippen LogP contribution in [0.15, 0.2) is 0 Å². The van der Waals surface area contributed by atoms with Crippen molar-refractivity contribution in [2.45, 2.75) is 65.1 Å². The van der Waals surface area contributed by atoms with Crippen LogP contribution in [-0.4, -0.2) is 49.8 Å². The lowest BCUT2D eigenvalue weighted by Gasteiger charge is -2.28. The number of amides is 2. The number of hydrogen-bond acceptors (Lipinski definition) is 6. The molecule has 0 unspecified atom stereocenters. The minimum atomic E-state index is -0.911. The smallest absolute Gasteiger partial charge is 0.410 e. The molecule has 1 fully saturated rings. The first kappa shape index (κ1) is 19.7. The molecule has 1 aliphatic rings. The van der Waals surface area contributed by atoms with E-state index in [1.807, 2.05) is 0 Å². The average Bonchev–Trinajstić information content (AvgIpc) is 3.09. The molecule has 144 valence electrons. The predicted molar refractivity (Wildman–Crippen MR) is 92.7 cm³/mol. The van der Waals surface area contributed by atoms with Gasteiger partial charge >= 0.3 is 11.8 Å². The lowest BCUT2D eigenvalue weighted by Crippen LogP contribution is -2.42. The molecule has 1 aromatic rings. The molecule has 0 aliphatic carbocycles. The molecule has 0 bridgehead atoms. The summed E-state index contributed by atoms with van der Waals surface area (Å²) in [4.78, 5) is 36.5. The van der Waals surface area contributed by atoms with Crippen molar-refractivity contribution in [1.82, 2.24) is 14.7 Å². The first-order chi connectivity index (χ1) is 12.0. The van der Waals surface area contributed by atoms with Gasteiger partial charge in [0.1, 0.15) is 11.3 Å². The molecule has 0 aromatic carbocycles. The molecular formula is C16H25N5O5. The van der Waals surface area contributed by atoms with Gasteiger partial charge in [-0.25, -0.2) is 4.79 Å². The maximum absolute atomic E-state index is 12.4. The van der Waals surface area contributed by atoms with Crippen molar-refractivity contribution in [2.75, 3.05) is 6.54 Å². The molecule has 2 heterocycles. The average molecular weight is 367 g/mol. The van der Waals surface area contributed by atoms with E-state index < -0.39 is 22.5 Å². The lowest BCUT2D eigenvalue weighted by atomic mass is 10.2. The van der Waals surface area contributed by atoms with E-state index in [1.165, 1.54) is 4.68 Å². The van der Waals surface area contributed by atoms with E-state index in [9.17, 15) is 19.7 Å². The Hall–Kier alpha value is -2.65. The van der Waals surface area contributed by atoms with E-state index in [1.54, 1.807) is 32.6 Å². The highest BCUT2D eigenvalue weighted by molar-refractivity contribution is 5.95. The molecule has 1 aromatic heterocycles. The molecule has 2 amide bonds. The van der Waals surface area contributed by atoms with Crippen molar-refractivity contribution in [3.8, 4) is 0 Å². The SMILES string of the molecule is CCc1nn(C[C@H]2CCCN2C(=O)OC(C)(C)C)c(C(N)=O)c1[N+](=O)[O-]. The van der Waals surface area contributed by atoms with Crippen LogP contribution in [0, 0.1) is 10.1 Å². The molecule has 2 rings (SSSR count). The summed E-state index contributed by atoms with van der Waals surface area (Å²) >= 11 is 0. The maximum Gasteiger partial charge on any atom is 0.410 e. The number of likely N-dealkylation sites (tertiary alicyclic amines) is 1. The quantitative estimate of drug-likeness (QED) is 0.623. The fourth-order valence-electron chi connectivity index (χ4n) is 3.09. The van der Waals surface area contributed by atoms with Crippen LogP contribution in [0.4, 0.5) is 10.5 Å². The van der Waals surface area contributed by atoms with Crippen LogP contribution in [0.5, 0.6) is 0 Å². The Morgan fingerprint density at radius 1 is 1.42 bits per heavy atom. The summed E-state index contributed by atoms with van der Waals surface area (Å²) in [6.45, 7) is 7.74. The topological polar surface area (TPSA) is 134 Å². The Balaban J connectivity index is 2.31. The number of carbonyl (C=O) groups excluding carboxylic acids is 2. The fraction of sp³-hybridized carbons (Fsp3) is 0.688. The number of carbonyl (C=O) groups is 2. The van der Waals surface area contributed by atoms with Crippen LogP contribution >= 0.6 is 0 Å². The fourth-order valence-corrected chi connectivity index (χ4v) is 3.09. The van der Waals surface area contributed by atoms with Gasteiger partial charge in [-0.2, -0.15) is 5.10 Å². The van der Waals surface area contributed by atoms with Crippen LogP contribution < -0.4 is 5.73 Å². The lowest BCUT2D eigenvalue weighted by molar-refractivity contribution is -0.385. The zero-order chi connectivity index (χ0) is 19.6. The van der Waals surface area contributed by atoms with Gasteiger partial charge < -0.3 is 15.4 Å². The highest BCUT2D eigenvalue weighted by Crippen LogP contribution is 2.27. The molecule has 2 N–H and O–H groups in total. The van der Waals surface area contributed by atoms with Gasteiger partial charge in [0, 0.05) is 6.54 Å². The van der Waals surface area contributed by atoms with E-state index >= 15 is 0 Å². The van der Waals surface area contributed by atoms with Crippen LogP contribution in [0.2, 0.25) is 0 Å². The second kappa shape index (κ2) is 7.30. The number of nitro groups is 1. The Morgan fingerprint density at radius 3 is 2.58 bits per heavy atom. The van der Waals surface area contributed by atoms with E-state index in [2.05, 4.69) is 5.10 Å². The molecule has 1 saturated heterocycles. The Bertz CT molecular complexity index is 721. The second-order valence-electron chi connectivity index (χ2n) is 7.27. The summed E-state index contributed by atoms with van der Waals surface area (Å²) in [6, 6.07) is -0.271. The third-order valence-corrected chi connectivity index (χ3v) is 4.14. The van der Waals surface area contributed by atoms with Crippen molar-refractivity contribution in [1.29, 1.82) is 0 Å².